The summed E-state index contributed by atoms with van der Waals surface area (Å²) in [6, 6.07) is 11.3. The third-order valence-electron chi connectivity index (χ3n) is 3.68. The number of benzene rings is 2. The van der Waals surface area contributed by atoms with Crippen LogP contribution in [0.3, 0.4) is 0 Å². The van der Waals surface area contributed by atoms with E-state index in [2.05, 4.69) is 23.8 Å². The molecule has 0 amide bonds. The summed E-state index contributed by atoms with van der Waals surface area (Å²) in [6.07, 6.45) is 1.38. The second kappa shape index (κ2) is 7.43. The Kier molecular flexibility index (Phi) is 5.53. The van der Waals surface area contributed by atoms with E-state index < -0.39 is 14.9 Å². The van der Waals surface area contributed by atoms with Crippen LogP contribution in [0.5, 0.6) is 0 Å². The first-order valence-corrected chi connectivity index (χ1v) is 9.09. The average molecular weight is 361 g/mol. The molecule has 2 rings (SSSR count). The molecule has 0 saturated carbocycles. The molecule has 7 nitrogen and oxygen atoms in total. The van der Waals surface area contributed by atoms with Crippen molar-refractivity contribution >= 4 is 21.9 Å². The Morgan fingerprint density at radius 3 is 2.36 bits per heavy atom. The van der Waals surface area contributed by atoms with Crippen molar-refractivity contribution in [1.82, 2.24) is 4.83 Å². The number of hydrazone groups is 1. The highest BCUT2D eigenvalue weighted by atomic mass is 32.2. The van der Waals surface area contributed by atoms with Gasteiger partial charge in [0.05, 0.1) is 16.0 Å². The molecule has 0 bridgehead atoms. The topological polar surface area (TPSA) is 102 Å². The molecule has 2 aromatic rings. The van der Waals surface area contributed by atoms with E-state index in [1.165, 1.54) is 23.9 Å². The van der Waals surface area contributed by atoms with Crippen molar-refractivity contribution in [1.29, 1.82) is 0 Å². The molecule has 0 fully saturated rings. The SMILES string of the molecule is Cc1ccc(S(=O)(=O)NN=Cc2ccc(C(C)C)cc2)cc1[N+](=O)[O-]. The fraction of sp³-hybridized carbons (Fsp3) is 0.235. The lowest BCUT2D eigenvalue weighted by Gasteiger charge is -2.05. The van der Waals surface area contributed by atoms with Gasteiger partial charge in [-0.15, -0.1) is 0 Å². The summed E-state index contributed by atoms with van der Waals surface area (Å²) < 4.78 is 24.4. The van der Waals surface area contributed by atoms with E-state index in [1.54, 1.807) is 6.92 Å². The van der Waals surface area contributed by atoms with Crippen molar-refractivity contribution in [2.75, 3.05) is 0 Å². The zero-order chi connectivity index (χ0) is 18.6. The third-order valence-corrected chi connectivity index (χ3v) is 4.90. The summed E-state index contributed by atoms with van der Waals surface area (Å²) in [6.45, 7) is 5.71. The highest BCUT2D eigenvalue weighted by Crippen LogP contribution is 2.22. The maximum Gasteiger partial charge on any atom is 0.276 e. The maximum atomic E-state index is 12.2. The van der Waals surface area contributed by atoms with Gasteiger partial charge in [0.25, 0.3) is 15.7 Å². The van der Waals surface area contributed by atoms with Crippen LogP contribution < -0.4 is 4.83 Å². The number of nitrogens with one attached hydrogen (secondary N) is 1. The number of nitro groups is 1. The predicted octanol–water partition coefficient (Wildman–Crippen LogP) is 3.34. The summed E-state index contributed by atoms with van der Waals surface area (Å²) in [5, 5.41) is 14.7. The molecule has 0 heterocycles. The van der Waals surface area contributed by atoms with Crippen molar-refractivity contribution in [3.8, 4) is 0 Å². The first-order chi connectivity index (χ1) is 11.7. The van der Waals surface area contributed by atoms with E-state index in [4.69, 9.17) is 0 Å². The Hall–Kier alpha value is -2.74. The second-order valence-electron chi connectivity index (χ2n) is 5.88. The van der Waals surface area contributed by atoms with Crippen LogP contribution in [0.4, 0.5) is 5.69 Å². The number of aryl methyl sites for hydroxylation is 1. The minimum atomic E-state index is -3.98. The maximum absolute atomic E-state index is 12.2. The van der Waals surface area contributed by atoms with Gasteiger partial charge in [-0.3, -0.25) is 10.1 Å². The first-order valence-electron chi connectivity index (χ1n) is 7.60. The van der Waals surface area contributed by atoms with E-state index in [0.717, 1.165) is 11.6 Å². The number of sulfonamides is 1. The Bertz CT molecular complexity index is 904. The van der Waals surface area contributed by atoms with Gasteiger partial charge < -0.3 is 0 Å². The molecule has 0 radical (unpaired) electrons. The quantitative estimate of drug-likeness (QED) is 0.484. The van der Waals surface area contributed by atoms with Gasteiger partial charge in [0.15, 0.2) is 0 Å². The molecule has 8 heteroatoms. The van der Waals surface area contributed by atoms with Gasteiger partial charge in [-0.05, 0) is 30.0 Å². The van der Waals surface area contributed by atoms with Crippen LogP contribution in [0.1, 0.15) is 36.5 Å². The fourth-order valence-electron chi connectivity index (χ4n) is 2.14. The van der Waals surface area contributed by atoms with Crippen LogP contribution in [0.2, 0.25) is 0 Å². The van der Waals surface area contributed by atoms with Crippen molar-refractivity contribution in [3.05, 3.63) is 69.3 Å². The second-order valence-corrected chi connectivity index (χ2v) is 7.54. The van der Waals surface area contributed by atoms with E-state index >= 15 is 0 Å². The molecule has 0 aliphatic carbocycles. The summed E-state index contributed by atoms with van der Waals surface area (Å²) >= 11 is 0. The number of nitro benzene ring substituents is 1. The van der Waals surface area contributed by atoms with E-state index in [0.29, 0.717) is 11.5 Å². The third kappa shape index (κ3) is 4.63. The van der Waals surface area contributed by atoms with Crippen molar-refractivity contribution in [2.45, 2.75) is 31.6 Å². The van der Waals surface area contributed by atoms with Gasteiger partial charge in [0.2, 0.25) is 0 Å². The number of rotatable bonds is 6. The molecule has 132 valence electrons. The Morgan fingerprint density at radius 2 is 1.80 bits per heavy atom. The lowest BCUT2D eigenvalue weighted by molar-refractivity contribution is -0.385. The van der Waals surface area contributed by atoms with Crippen molar-refractivity contribution < 1.29 is 13.3 Å². The predicted molar refractivity (Wildman–Crippen MR) is 96.3 cm³/mol. The van der Waals surface area contributed by atoms with Crippen molar-refractivity contribution in [3.63, 3.8) is 0 Å². The van der Waals surface area contributed by atoms with Gasteiger partial charge in [0, 0.05) is 11.6 Å². The number of nitrogens with zero attached hydrogens (tertiary/aromatic N) is 2. The Balaban J connectivity index is 2.16. The normalized spacial score (nSPS) is 11.8. The number of hydrogen-bond donors (Lipinski definition) is 1. The van der Waals surface area contributed by atoms with Crippen LogP contribution >= 0.6 is 0 Å². The van der Waals surface area contributed by atoms with Crippen LogP contribution in [0.25, 0.3) is 0 Å². The minimum absolute atomic E-state index is 0.211. The molecular formula is C17H19N3O4S. The Morgan fingerprint density at radius 1 is 1.16 bits per heavy atom. The number of hydrogen-bond acceptors (Lipinski definition) is 5. The highest BCUT2D eigenvalue weighted by molar-refractivity contribution is 7.89. The molecule has 0 saturated heterocycles. The monoisotopic (exact) mass is 361 g/mol. The molecule has 0 aliphatic rings. The zero-order valence-corrected chi connectivity index (χ0v) is 14.9. The lowest BCUT2D eigenvalue weighted by Crippen LogP contribution is -2.18. The average Bonchev–Trinajstić information content (AvgIpc) is 2.55. The van der Waals surface area contributed by atoms with Crippen LogP contribution in [0.15, 0.2) is 52.5 Å². The molecule has 0 unspecified atom stereocenters. The molecule has 2 aromatic carbocycles. The standard InChI is InChI=1S/C17H19N3O4S/c1-12(2)15-7-5-14(6-8-15)11-18-19-25(23,24)16-9-4-13(3)17(10-16)20(21)22/h4-12,19H,1-3H3. The van der Waals surface area contributed by atoms with Crippen LogP contribution in [0, 0.1) is 17.0 Å². The molecule has 25 heavy (non-hydrogen) atoms. The first kappa shape index (κ1) is 18.6. The van der Waals surface area contributed by atoms with Gasteiger partial charge in [-0.25, -0.2) is 4.83 Å². The fourth-order valence-corrected chi connectivity index (χ4v) is 2.95. The lowest BCUT2D eigenvalue weighted by atomic mass is 10.0. The van der Waals surface area contributed by atoms with Gasteiger partial charge >= 0.3 is 0 Å². The minimum Gasteiger partial charge on any atom is -0.258 e. The van der Waals surface area contributed by atoms with Crippen LogP contribution in [-0.2, 0) is 10.0 Å². The summed E-state index contributed by atoms with van der Waals surface area (Å²) in [7, 11) is -3.98. The Labute approximate surface area is 146 Å². The van der Waals surface area contributed by atoms with E-state index in [9.17, 15) is 18.5 Å². The largest absolute Gasteiger partial charge is 0.276 e. The summed E-state index contributed by atoms with van der Waals surface area (Å²) in [5.74, 6) is 0.404. The molecule has 0 aromatic heterocycles. The zero-order valence-electron chi connectivity index (χ0n) is 14.1. The van der Waals surface area contributed by atoms with Gasteiger partial charge in [-0.2, -0.15) is 13.5 Å². The van der Waals surface area contributed by atoms with E-state index in [1.807, 2.05) is 24.3 Å². The van der Waals surface area contributed by atoms with Crippen molar-refractivity contribution in [2.24, 2.45) is 5.10 Å². The molecule has 0 atom stereocenters. The van der Waals surface area contributed by atoms with Crippen LogP contribution in [-0.4, -0.2) is 19.6 Å². The smallest absolute Gasteiger partial charge is 0.258 e. The summed E-state index contributed by atoms with van der Waals surface area (Å²) in [4.78, 5) is 12.2. The van der Waals surface area contributed by atoms with Gasteiger partial charge in [0.1, 0.15) is 0 Å². The summed E-state index contributed by atoms with van der Waals surface area (Å²) in [5.41, 5.74) is 2.04. The molecule has 0 aliphatic heterocycles. The van der Waals surface area contributed by atoms with E-state index in [-0.39, 0.29) is 10.6 Å². The molecular weight excluding hydrogens is 342 g/mol. The highest BCUT2D eigenvalue weighted by Gasteiger charge is 2.19. The molecule has 0 spiro atoms. The molecule has 1 N–H and O–H groups in total. The van der Waals surface area contributed by atoms with Gasteiger partial charge in [-0.1, -0.05) is 44.2 Å².